The summed E-state index contributed by atoms with van der Waals surface area (Å²) in [6.45, 7) is 4.89. The maximum absolute atomic E-state index is 5.81. The van der Waals surface area contributed by atoms with Gasteiger partial charge >= 0.3 is 0 Å². The third-order valence-corrected chi connectivity index (χ3v) is 2.98. The molecule has 5 heteroatoms. The smallest absolute Gasteiger partial charge is 0.240 e. The first-order valence-corrected chi connectivity index (χ1v) is 6.25. The molecule has 1 atom stereocenters. The van der Waals surface area contributed by atoms with Gasteiger partial charge in [0.05, 0.1) is 6.54 Å². The van der Waals surface area contributed by atoms with Crippen LogP contribution in [0.4, 0.5) is 0 Å². The fraction of sp³-hybridized carbons (Fsp3) is 0.286. The Bertz CT molecular complexity index is 555. The fourth-order valence-corrected chi connectivity index (χ4v) is 2.08. The van der Waals surface area contributed by atoms with E-state index in [1.54, 1.807) is 6.08 Å². The number of nitrogens with one attached hydrogen (secondary N) is 1. The van der Waals surface area contributed by atoms with E-state index in [4.69, 9.17) is 9.26 Å². The van der Waals surface area contributed by atoms with Crippen LogP contribution in [0.2, 0.25) is 0 Å². The summed E-state index contributed by atoms with van der Waals surface area (Å²) in [6.07, 6.45) is 2.43. The van der Waals surface area contributed by atoms with Crippen LogP contribution in [-0.4, -0.2) is 16.7 Å². The highest BCUT2D eigenvalue weighted by Gasteiger charge is 2.27. The number of hydrogen-bond donors (Lipinski definition) is 1. The topological polar surface area (TPSA) is 60.2 Å². The Morgan fingerprint density at radius 3 is 3.16 bits per heavy atom. The highest BCUT2D eigenvalue weighted by Crippen LogP contribution is 2.35. The molecular weight excluding hydrogens is 242 g/mol. The maximum Gasteiger partial charge on any atom is 0.240 e. The molecule has 0 radical (unpaired) electrons. The van der Waals surface area contributed by atoms with Crippen molar-refractivity contribution in [3.05, 3.63) is 54.2 Å². The molecular formula is C14H15N3O2. The Morgan fingerprint density at radius 1 is 1.42 bits per heavy atom. The average molecular weight is 257 g/mol. The standard InChI is InChI=1S/C14H15N3O2/c1-2-7-15-9-13-16-14(17-19-13)12-8-10-5-3-4-6-11(10)18-12/h2-6,12,15H,1,7-9H2. The van der Waals surface area contributed by atoms with Crippen LogP contribution in [0.25, 0.3) is 0 Å². The molecule has 2 heterocycles. The molecule has 1 N–H and O–H groups in total. The fourth-order valence-electron chi connectivity index (χ4n) is 2.08. The van der Waals surface area contributed by atoms with E-state index in [1.165, 1.54) is 5.56 Å². The van der Waals surface area contributed by atoms with Crippen LogP contribution in [0.3, 0.4) is 0 Å². The van der Waals surface area contributed by atoms with Gasteiger partial charge in [0.15, 0.2) is 6.10 Å². The van der Waals surface area contributed by atoms with E-state index in [2.05, 4.69) is 28.1 Å². The molecule has 0 fully saturated rings. The van der Waals surface area contributed by atoms with Crippen LogP contribution in [0.1, 0.15) is 23.4 Å². The lowest BCUT2D eigenvalue weighted by molar-refractivity contribution is 0.221. The van der Waals surface area contributed by atoms with E-state index in [0.717, 1.165) is 12.2 Å². The molecule has 0 aliphatic carbocycles. The number of para-hydroxylation sites is 1. The molecule has 1 aromatic heterocycles. The minimum atomic E-state index is -0.144. The first kappa shape index (κ1) is 11.9. The largest absolute Gasteiger partial charge is 0.482 e. The third-order valence-electron chi connectivity index (χ3n) is 2.98. The molecule has 0 spiro atoms. The van der Waals surface area contributed by atoms with Crippen molar-refractivity contribution in [3.8, 4) is 5.75 Å². The molecule has 0 saturated heterocycles. The number of rotatable bonds is 5. The van der Waals surface area contributed by atoms with Gasteiger partial charge in [-0.05, 0) is 11.6 Å². The van der Waals surface area contributed by atoms with Gasteiger partial charge in [0.2, 0.25) is 11.7 Å². The minimum Gasteiger partial charge on any atom is -0.482 e. The van der Waals surface area contributed by atoms with Crippen molar-refractivity contribution < 1.29 is 9.26 Å². The molecule has 0 saturated carbocycles. The van der Waals surface area contributed by atoms with Gasteiger partial charge < -0.3 is 14.6 Å². The van der Waals surface area contributed by atoms with E-state index in [0.29, 0.717) is 24.8 Å². The van der Waals surface area contributed by atoms with Crippen LogP contribution in [0.5, 0.6) is 5.75 Å². The Balaban J connectivity index is 1.66. The average Bonchev–Trinajstić information content (AvgIpc) is 3.04. The number of benzene rings is 1. The van der Waals surface area contributed by atoms with E-state index in [1.807, 2.05) is 18.2 Å². The minimum absolute atomic E-state index is 0.144. The van der Waals surface area contributed by atoms with Crippen molar-refractivity contribution in [3.63, 3.8) is 0 Å². The molecule has 98 valence electrons. The molecule has 3 rings (SSSR count). The van der Waals surface area contributed by atoms with Gasteiger partial charge in [0, 0.05) is 13.0 Å². The molecule has 5 nitrogen and oxygen atoms in total. The van der Waals surface area contributed by atoms with E-state index in [9.17, 15) is 0 Å². The predicted molar refractivity (Wildman–Crippen MR) is 69.7 cm³/mol. The van der Waals surface area contributed by atoms with Crippen molar-refractivity contribution in [2.24, 2.45) is 0 Å². The lowest BCUT2D eigenvalue weighted by Gasteiger charge is -2.04. The molecule has 2 aromatic rings. The molecule has 0 bridgehead atoms. The Labute approximate surface area is 111 Å². The van der Waals surface area contributed by atoms with E-state index < -0.39 is 0 Å². The van der Waals surface area contributed by atoms with Crippen LogP contribution in [0, 0.1) is 0 Å². The van der Waals surface area contributed by atoms with Crippen molar-refractivity contribution in [2.45, 2.75) is 19.1 Å². The van der Waals surface area contributed by atoms with E-state index in [-0.39, 0.29) is 6.10 Å². The second kappa shape index (κ2) is 5.24. The number of nitrogens with zero attached hydrogens (tertiary/aromatic N) is 2. The van der Waals surface area contributed by atoms with Crippen LogP contribution in [0.15, 0.2) is 41.4 Å². The van der Waals surface area contributed by atoms with Crippen molar-refractivity contribution in [1.29, 1.82) is 0 Å². The predicted octanol–water partition coefficient (Wildman–Crippen LogP) is 2.02. The van der Waals surface area contributed by atoms with Gasteiger partial charge in [0.25, 0.3) is 0 Å². The Kier molecular flexibility index (Phi) is 3.29. The van der Waals surface area contributed by atoms with Gasteiger partial charge in [-0.1, -0.05) is 29.4 Å². The van der Waals surface area contributed by atoms with Gasteiger partial charge in [-0.15, -0.1) is 6.58 Å². The van der Waals surface area contributed by atoms with Crippen molar-refractivity contribution >= 4 is 0 Å². The summed E-state index contributed by atoms with van der Waals surface area (Å²) in [5, 5.41) is 7.10. The van der Waals surface area contributed by atoms with Gasteiger partial charge in [-0.2, -0.15) is 4.98 Å². The van der Waals surface area contributed by atoms with Crippen LogP contribution >= 0.6 is 0 Å². The van der Waals surface area contributed by atoms with Gasteiger partial charge in [-0.25, -0.2) is 0 Å². The second-order valence-corrected chi connectivity index (χ2v) is 4.38. The highest BCUT2D eigenvalue weighted by molar-refractivity contribution is 5.37. The van der Waals surface area contributed by atoms with Gasteiger partial charge in [0.1, 0.15) is 5.75 Å². The maximum atomic E-state index is 5.81. The summed E-state index contributed by atoms with van der Waals surface area (Å²) < 4.78 is 11.0. The number of ether oxygens (including phenoxy) is 1. The van der Waals surface area contributed by atoms with Crippen molar-refractivity contribution in [1.82, 2.24) is 15.5 Å². The first-order chi connectivity index (χ1) is 9.36. The van der Waals surface area contributed by atoms with Crippen molar-refractivity contribution in [2.75, 3.05) is 6.54 Å². The quantitative estimate of drug-likeness (QED) is 0.656. The summed E-state index contributed by atoms with van der Waals surface area (Å²) in [7, 11) is 0. The third kappa shape index (κ3) is 2.51. The molecule has 1 unspecified atom stereocenters. The lowest BCUT2D eigenvalue weighted by Crippen LogP contribution is -2.13. The Hall–Kier alpha value is -2.14. The number of fused-ring (bicyclic) bond motifs is 1. The first-order valence-electron chi connectivity index (χ1n) is 6.25. The molecule has 19 heavy (non-hydrogen) atoms. The zero-order valence-electron chi connectivity index (χ0n) is 10.5. The second-order valence-electron chi connectivity index (χ2n) is 4.38. The van der Waals surface area contributed by atoms with E-state index >= 15 is 0 Å². The van der Waals surface area contributed by atoms with Crippen LogP contribution < -0.4 is 10.1 Å². The number of aromatic nitrogens is 2. The molecule has 1 aliphatic heterocycles. The zero-order valence-corrected chi connectivity index (χ0v) is 10.5. The summed E-state index contributed by atoms with van der Waals surface area (Å²) >= 11 is 0. The molecule has 1 aliphatic rings. The summed E-state index contributed by atoms with van der Waals surface area (Å²) in [4.78, 5) is 4.35. The zero-order chi connectivity index (χ0) is 13.1. The Morgan fingerprint density at radius 2 is 2.32 bits per heavy atom. The molecule has 0 amide bonds. The SMILES string of the molecule is C=CCNCc1nc(C2Cc3ccccc3O2)no1. The summed E-state index contributed by atoms with van der Waals surface area (Å²) in [5.74, 6) is 2.08. The molecule has 1 aromatic carbocycles. The normalized spacial score (nSPS) is 16.9. The lowest BCUT2D eigenvalue weighted by atomic mass is 10.1. The number of hydrogen-bond acceptors (Lipinski definition) is 5. The van der Waals surface area contributed by atoms with Gasteiger partial charge in [-0.3, -0.25) is 0 Å². The summed E-state index contributed by atoms with van der Waals surface area (Å²) in [6, 6.07) is 7.98. The monoisotopic (exact) mass is 257 g/mol. The summed E-state index contributed by atoms with van der Waals surface area (Å²) in [5.41, 5.74) is 1.18. The highest BCUT2D eigenvalue weighted by atomic mass is 16.5. The van der Waals surface area contributed by atoms with Crippen LogP contribution in [-0.2, 0) is 13.0 Å².